The summed E-state index contributed by atoms with van der Waals surface area (Å²) in [6.07, 6.45) is 0.579. The Kier molecular flexibility index (Phi) is 4.65. The van der Waals surface area contributed by atoms with Gasteiger partial charge in [0.25, 0.3) is 0 Å². The van der Waals surface area contributed by atoms with E-state index >= 15 is 0 Å². The quantitative estimate of drug-likeness (QED) is 0.929. The van der Waals surface area contributed by atoms with E-state index in [2.05, 4.69) is 58.2 Å². The summed E-state index contributed by atoms with van der Waals surface area (Å²) in [5.74, 6) is 0. The van der Waals surface area contributed by atoms with Crippen LogP contribution in [0.25, 0.3) is 0 Å². The van der Waals surface area contributed by atoms with Gasteiger partial charge < -0.3 is 15.0 Å². The number of nitrogens with one attached hydrogen (secondary N) is 1. The highest BCUT2D eigenvalue weighted by atomic mass is 79.9. The van der Waals surface area contributed by atoms with Crippen molar-refractivity contribution in [3.05, 3.63) is 28.2 Å². The van der Waals surface area contributed by atoms with E-state index in [9.17, 15) is 0 Å². The van der Waals surface area contributed by atoms with Crippen LogP contribution in [0.15, 0.2) is 22.7 Å². The molecule has 0 saturated carbocycles. The number of anilines is 1. The fourth-order valence-electron chi connectivity index (χ4n) is 2.50. The molecule has 1 N–H and O–H groups in total. The highest BCUT2D eigenvalue weighted by molar-refractivity contribution is 9.10. The molecule has 18 heavy (non-hydrogen) atoms. The van der Waals surface area contributed by atoms with Crippen molar-refractivity contribution in [2.24, 2.45) is 0 Å². The molecule has 0 radical (unpaired) electrons. The van der Waals surface area contributed by atoms with Crippen LogP contribution in [0.3, 0.4) is 0 Å². The molecule has 1 aromatic carbocycles. The molecule has 1 aliphatic heterocycles. The summed E-state index contributed by atoms with van der Waals surface area (Å²) in [5.41, 5.74) is 2.55. The van der Waals surface area contributed by atoms with E-state index < -0.39 is 0 Å². The zero-order valence-corrected chi connectivity index (χ0v) is 12.8. The van der Waals surface area contributed by atoms with E-state index in [0.29, 0.717) is 0 Å². The fourth-order valence-corrected chi connectivity index (χ4v) is 3.17. The van der Waals surface area contributed by atoms with Crippen LogP contribution in [0.2, 0.25) is 0 Å². The number of halogens is 1. The average molecular weight is 313 g/mol. The topological polar surface area (TPSA) is 24.5 Å². The molecular formula is C14H21BrN2O. The molecule has 1 aliphatic rings. The van der Waals surface area contributed by atoms with Crippen molar-refractivity contribution in [1.82, 2.24) is 5.32 Å². The lowest BCUT2D eigenvalue weighted by Gasteiger charge is -2.37. The molecule has 1 fully saturated rings. The molecule has 0 aromatic heterocycles. The second-order valence-corrected chi connectivity index (χ2v) is 5.83. The lowest BCUT2D eigenvalue weighted by atomic mass is 10.1. The lowest BCUT2D eigenvalue weighted by molar-refractivity contribution is -0.00525. The van der Waals surface area contributed by atoms with Gasteiger partial charge in [-0.25, -0.2) is 0 Å². The van der Waals surface area contributed by atoms with Gasteiger partial charge in [0.05, 0.1) is 17.9 Å². The summed E-state index contributed by atoms with van der Waals surface area (Å²) in [6.45, 7) is 7.06. The van der Waals surface area contributed by atoms with Crippen LogP contribution in [-0.2, 0) is 11.3 Å². The van der Waals surface area contributed by atoms with Crippen molar-refractivity contribution in [3.63, 3.8) is 0 Å². The second kappa shape index (κ2) is 6.04. The molecule has 4 heteroatoms. The number of rotatable bonds is 3. The molecule has 2 unspecified atom stereocenters. The van der Waals surface area contributed by atoms with E-state index in [0.717, 1.165) is 24.1 Å². The van der Waals surface area contributed by atoms with Gasteiger partial charge in [-0.1, -0.05) is 6.07 Å². The molecule has 0 spiro atoms. The third-order valence-electron chi connectivity index (χ3n) is 3.15. The van der Waals surface area contributed by atoms with Gasteiger partial charge in [0.15, 0.2) is 0 Å². The fraction of sp³-hybridized carbons (Fsp3) is 0.571. The third kappa shape index (κ3) is 3.25. The summed E-state index contributed by atoms with van der Waals surface area (Å²) in [7, 11) is 1.97. The van der Waals surface area contributed by atoms with E-state index in [1.807, 2.05) is 7.05 Å². The monoisotopic (exact) mass is 312 g/mol. The Morgan fingerprint density at radius 2 is 2.00 bits per heavy atom. The maximum absolute atomic E-state index is 5.77. The normalized spacial score (nSPS) is 24.3. The van der Waals surface area contributed by atoms with Gasteiger partial charge in [0.1, 0.15) is 0 Å². The van der Waals surface area contributed by atoms with Crippen molar-refractivity contribution in [1.29, 1.82) is 0 Å². The van der Waals surface area contributed by atoms with Gasteiger partial charge >= 0.3 is 0 Å². The summed E-state index contributed by atoms with van der Waals surface area (Å²) >= 11 is 3.68. The van der Waals surface area contributed by atoms with E-state index in [1.54, 1.807) is 0 Å². The second-order valence-electron chi connectivity index (χ2n) is 4.98. The Balaban J connectivity index is 2.17. The summed E-state index contributed by atoms with van der Waals surface area (Å²) in [4.78, 5) is 2.39. The smallest absolute Gasteiger partial charge is 0.0726 e. The molecular weight excluding hydrogens is 292 g/mol. The highest BCUT2D eigenvalue weighted by Gasteiger charge is 2.23. The Labute approximate surface area is 118 Å². The number of hydrogen-bond acceptors (Lipinski definition) is 3. The first-order valence-electron chi connectivity index (χ1n) is 6.43. The SMILES string of the molecule is CNCc1ccc(N2CC(C)OC(C)C2)c(Br)c1. The standard InChI is InChI=1S/C14H21BrN2O/c1-10-8-17(9-11(2)18-10)14-5-4-12(7-16-3)6-13(14)15/h4-6,10-11,16H,7-9H2,1-3H3. The highest BCUT2D eigenvalue weighted by Crippen LogP contribution is 2.29. The first kappa shape index (κ1) is 13.8. The van der Waals surface area contributed by atoms with E-state index in [4.69, 9.17) is 4.74 Å². The number of benzene rings is 1. The predicted molar refractivity (Wildman–Crippen MR) is 79.1 cm³/mol. The van der Waals surface area contributed by atoms with Gasteiger partial charge in [0, 0.05) is 24.1 Å². The number of morpholine rings is 1. The number of hydrogen-bond donors (Lipinski definition) is 1. The van der Waals surface area contributed by atoms with Gasteiger partial charge in [-0.2, -0.15) is 0 Å². The molecule has 2 rings (SSSR count). The molecule has 0 amide bonds. The third-order valence-corrected chi connectivity index (χ3v) is 3.79. The van der Waals surface area contributed by atoms with Crippen molar-refractivity contribution in [2.75, 3.05) is 25.0 Å². The van der Waals surface area contributed by atoms with Crippen molar-refractivity contribution >= 4 is 21.6 Å². The predicted octanol–water partition coefficient (Wildman–Crippen LogP) is 2.78. The summed E-state index contributed by atoms with van der Waals surface area (Å²) in [5, 5.41) is 3.17. The summed E-state index contributed by atoms with van der Waals surface area (Å²) < 4.78 is 6.94. The van der Waals surface area contributed by atoms with Crippen LogP contribution < -0.4 is 10.2 Å². The minimum absolute atomic E-state index is 0.289. The Morgan fingerprint density at radius 1 is 1.33 bits per heavy atom. The van der Waals surface area contributed by atoms with Gasteiger partial charge in [0.2, 0.25) is 0 Å². The Bertz CT molecular complexity index is 401. The molecule has 2 atom stereocenters. The van der Waals surface area contributed by atoms with Crippen molar-refractivity contribution < 1.29 is 4.74 Å². The molecule has 1 saturated heterocycles. The average Bonchev–Trinajstić information content (AvgIpc) is 2.28. The van der Waals surface area contributed by atoms with Gasteiger partial charge in [-0.3, -0.25) is 0 Å². The van der Waals surface area contributed by atoms with Crippen LogP contribution >= 0.6 is 15.9 Å². The van der Waals surface area contributed by atoms with Crippen LogP contribution in [0.1, 0.15) is 19.4 Å². The largest absolute Gasteiger partial charge is 0.372 e. The zero-order chi connectivity index (χ0) is 13.1. The van der Waals surface area contributed by atoms with Crippen LogP contribution in [0, 0.1) is 0 Å². The molecule has 100 valence electrons. The zero-order valence-electron chi connectivity index (χ0n) is 11.2. The van der Waals surface area contributed by atoms with Crippen molar-refractivity contribution in [2.45, 2.75) is 32.6 Å². The number of ether oxygens (including phenoxy) is 1. The molecule has 1 heterocycles. The molecule has 1 aromatic rings. The van der Waals surface area contributed by atoms with Gasteiger partial charge in [-0.05, 0) is 54.5 Å². The first-order chi connectivity index (χ1) is 8.60. The van der Waals surface area contributed by atoms with E-state index in [-0.39, 0.29) is 12.2 Å². The maximum atomic E-state index is 5.77. The van der Waals surface area contributed by atoms with Crippen LogP contribution in [-0.4, -0.2) is 32.3 Å². The van der Waals surface area contributed by atoms with Crippen molar-refractivity contribution in [3.8, 4) is 0 Å². The lowest BCUT2D eigenvalue weighted by Crippen LogP contribution is -2.45. The Hall–Kier alpha value is -0.580. The maximum Gasteiger partial charge on any atom is 0.0726 e. The van der Waals surface area contributed by atoms with E-state index in [1.165, 1.54) is 11.3 Å². The molecule has 0 bridgehead atoms. The molecule has 0 aliphatic carbocycles. The minimum Gasteiger partial charge on any atom is -0.372 e. The minimum atomic E-state index is 0.289. The first-order valence-corrected chi connectivity index (χ1v) is 7.23. The Morgan fingerprint density at radius 3 is 2.56 bits per heavy atom. The van der Waals surface area contributed by atoms with Crippen LogP contribution in [0.5, 0.6) is 0 Å². The van der Waals surface area contributed by atoms with Gasteiger partial charge in [-0.15, -0.1) is 0 Å². The molecule has 3 nitrogen and oxygen atoms in total. The van der Waals surface area contributed by atoms with Crippen LogP contribution in [0.4, 0.5) is 5.69 Å². The summed E-state index contributed by atoms with van der Waals surface area (Å²) in [6, 6.07) is 6.57. The number of nitrogens with zero attached hydrogens (tertiary/aromatic N) is 1.